The quantitative estimate of drug-likeness (QED) is 0.230. The van der Waals surface area contributed by atoms with E-state index in [9.17, 15) is 9.59 Å². The number of carbonyl (C=O) groups excluding carboxylic acids is 1. The molecule has 23 heavy (non-hydrogen) atoms. The SMILES string of the molecule is C=CCCCCCCCCC(=O)OC(CC(=O)O)C[N+](C)(C)C. The van der Waals surface area contributed by atoms with Gasteiger partial charge in [0.25, 0.3) is 0 Å². The van der Waals surface area contributed by atoms with Crippen LogP contribution in [0.4, 0.5) is 0 Å². The average Bonchev–Trinajstić information content (AvgIpc) is 2.39. The van der Waals surface area contributed by atoms with Crippen LogP contribution in [0.25, 0.3) is 0 Å². The number of allylic oxidation sites excluding steroid dienone is 1. The maximum Gasteiger partial charge on any atom is 0.307 e. The summed E-state index contributed by atoms with van der Waals surface area (Å²) in [5.41, 5.74) is 0. The summed E-state index contributed by atoms with van der Waals surface area (Å²) in [7, 11) is 5.86. The van der Waals surface area contributed by atoms with Crippen LogP contribution in [-0.2, 0) is 14.3 Å². The lowest BCUT2D eigenvalue weighted by molar-refractivity contribution is -0.873. The van der Waals surface area contributed by atoms with Crippen molar-refractivity contribution < 1.29 is 23.9 Å². The van der Waals surface area contributed by atoms with E-state index in [0.717, 1.165) is 25.7 Å². The molecule has 0 aromatic heterocycles. The fourth-order valence-electron chi connectivity index (χ4n) is 2.46. The van der Waals surface area contributed by atoms with Gasteiger partial charge in [-0.1, -0.05) is 31.8 Å². The third-order valence-corrected chi connectivity index (χ3v) is 3.49. The molecule has 5 heteroatoms. The van der Waals surface area contributed by atoms with Crippen molar-refractivity contribution in [2.24, 2.45) is 0 Å². The number of hydrogen-bond donors (Lipinski definition) is 1. The molecule has 0 rings (SSSR count). The van der Waals surface area contributed by atoms with Crippen LogP contribution >= 0.6 is 0 Å². The molecule has 0 bridgehead atoms. The minimum absolute atomic E-state index is 0.134. The lowest BCUT2D eigenvalue weighted by atomic mass is 10.1. The van der Waals surface area contributed by atoms with Crippen molar-refractivity contribution in [3.63, 3.8) is 0 Å². The zero-order valence-electron chi connectivity index (χ0n) is 15.1. The Kier molecular flexibility index (Phi) is 11.4. The average molecular weight is 328 g/mol. The van der Waals surface area contributed by atoms with E-state index in [2.05, 4.69) is 6.58 Å². The monoisotopic (exact) mass is 328 g/mol. The van der Waals surface area contributed by atoms with Crippen molar-refractivity contribution in [3.8, 4) is 0 Å². The van der Waals surface area contributed by atoms with Crippen LogP contribution in [0.2, 0.25) is 0 Å². The first-order valence-corrected chi connectivity index (χ1v) is 8.57. The zero-order chi connectivity index (χ0) is 17.7. The minimum Gasteiger partial charge on any atom is -0.481 e. The summed E-state index contributed by atoms with van der Waals surface area (Å²) in [6.45, 7) is 4.20. The third-order valence-electron chi connectivity index (χ3n) is 3.49. The van der Waals surface area contributed by atoms with Crippen LogP contribution in [0.15, 0.2) is 12.7 Å². The number of esters is 1. The molecule has 0 heterocycles. The summed E-state index contributed by atoms with van der Waals surface area (Å²) < 4.78 is 5.92. The zero-order valence-corrected chi connectivity index (χ0v) is 15.1. The summed E-state index contributed by atoms with van der Waals surface area (Å²) in [6.07, 6.45) is 9.24. The Morgan fingerprint density at radius 1 is 1.09 bits per heavy atom. The molecular formula is C18H34NO4+. The molecule has 0 saturated heterocycles. The molecule has 0 aliphatic carbocycles. The van der Waals surface area contributed by atoms with E-state index < -0.39 is 12.1 Å². The van der Waals surface area contributed by atoms with Crippen LogP contribution in [0, 0.1) is 0 Å². The van der Waals surface area contributed by atoms with Gasteiger partial charge >= 0.3 is 11.9 Å². The number of carboxylic acid groups (broad SMARTS) is 1. The van der Waals surface area contributed by atoms with E-state index in [4.69, 9.17) is 9.84 Å². The predicted octanol–water partition coefficient (Wildman–Crippen LogP) is 3.39. The summed E-state index contributed by atoms with van der Waals surface area (Å²) in [6, 6.07) is 0. The van der Waals surface area contributed by atoms with Crippen LogP contribution in [0.3, 0.4) is 0 Å². The topological polar surface area (TPSA) is 63.6 Å². The maximum atomic E-state index is 11.9. The molecule has 134 valence electrons. The van der Waals surface area contributed by atoms with Crippen molar-refractivity contribution in [2.75, 3.05) is 27.7 Å². The van der Waals surface area contributed by atoms with Crippen molar-refractivity contribution in [2.45, 2.75) is 63.9 Å². The molecule has 0 aromatic rings. The van der Waals surface area contributed by atoms with Gasteiger partial charge in [0.05, 0.1) is 27.6 Å². The second-order valence-electron chi connectivity index (χ2n) is 7.13. The fourth-order valence-corrected chi connectivity index (χ4v) is 2.46. The van der Waals surface area contributed by atoms with Crippen LogP contribution < -0.4 is 0 Å². The van der Waals surface area contributed by atoms with E-state index >= 15 is 0 Å². The molecule has 1 atom stereocenters. The highest BCUT2D eigenvalue weighted by Gasteiger charge is 2.24. The molecule has 0 fully saturated rings. The van der Waals surface area contributed by atoms with Gasteiger partial charge in [0, 0.05) is 6.42 Å². The molecule has 0 aromatic carbocycles. The first-order valence-electron chi connectivity index (χ1n) is 8.57. The number of hydrogen-bond acceptors (Lipinski definition) is 3. The summed E-state index contributed by atoms with van der Waals surface area (Å²) in [5.74, 6) is -1.22. The van der Waals surface area contributed by atoms with E-state index in [1.807, 2.05) is 27.2 Å². The van der Waals surface area contributed by atoms with Gasteiger partial charge in [0.15, 0.2) is 6.10 Å². The lowest BCUT2D eigenvalue weighted by Gasteiger charge is -2.28. The molecule has 0 radical (unpaired) electrons. The number of nitrogens with zero attached hydrogens (tertiary/aromatic N) is 1. The Hall–Kier alpha value is -1.36. The van der Waals surface area contributed by atoms with Crippen molar-refractivity contribution in [1.29, 1.82) is 0 Å². The minimum atomic E-state index is -0.934. The highest BCUT2D eigenvalue weighted by Crippen LogP contribution is 2.11. The van der Waals surface area contributed by atoms with Crippen LogP contribution in [-0.4, -0.2) is 55.3 Å². The number of carboxylic acids is 1. The van der Waals surface area contributed by atoms with Gasteiger partial charge in [-0.2, -0.15) is 0 Å². The lowest BCUT2D eigenvalue weighted by Crippen LogP contribution is -2.43. The molecule has 0 spiro atoms. The standard InChI is InChI=1S/C18H33NO4/c1-5-6-7-8-9-10-11-12-13-18(22)23-16(14-17(20)21)15-19(2,3)4/h5,16H,1,6-15H2,2-4H3/p+1. The van der Waals surface area contributed by atoms with Gasteiger partial charge in [-0.25, -0.2) is 0 Å². The van der Waals surface area contributed by atoms with Crippen LogP contribution in [0.1, 0.15) is 57.8 Å². The van der Waals surface area contributed by atoms with E-state index in [-0.39, 0.29) is 12.4 Å². The first-order chi connectivity index (χ1) is 10.7. The number of rotatable bonds is 14. The number of quaternary nitrogens is 1. The molecule has 0 amide bonds. The highest BCUT2D eigenvalue weighted by atomic mass is 16.5. The van der Waals surface area contributed by atoms with Crippen molar-refractivity contribution in [1.82, 2.24) is 0 Å². The van der Waals surface area contributed by atoms with Crippen molar-refractivity contribution in [3.05, 3.63) is 12.7 Å². The van der Waals surface area contributed by atoms with E-state index in [1.165, 1.54) is 19.3 Å². The Morgan fingerprint density at radius 3 is 2.17 bits per heavy atom. The Morgan fingerprint density at radius 2 is 1.65 bits per heavy atom. The number of aliphatic carboxylic acids is 1. The van der Waals surface area contributed by atoms with E-state index in [0.29, 0.717) is 17.4 Å². The van der Waals surface area contributed by atoms with Crippen LogP contribution in [0.5, 0.6) is 0 Å². The number of likely N-dealkylation sites (N-methyl/N-ethyl adjacent to an activating group) is 1. The first kappa shape index (κ1) is 21.6. The second kappa shape index (κ2) is 12.1. The number of unbranched alkanes of at least 4 members (excludes halogenated alkanes) is 6. The summed E-state index contributed by atoms with van der Waals surface area (Å²) in [4.78, 5) is 22.7. The normalized spacial score (nSPS) is 12.7. The molecule has 1 unspecified atom stereocenters. The second-order valence-corrected chi connectivity index (χ2v) is 7.13. The maximum absolute atomic E-state index is 11.9. The molecule has 0 aliphatic rings. The largest absolute Gasteiger partial charge is 0.481 e. The highest BCUT2D eigenvalue weighted by molar-refractivity contribution is 5.71. The predicted molar refractivity (Wildman–Crippen MR) is 92.2 cm³/mol. The fraction of sp³-hybridized carbons (Fsp3) is 0.778. The molecular weight excluding hydrogens is 294 g/mol. The van der Waals surface area contributed by atoms with Gasteiger partial charge in [-0.05, 0) is 19.3 Å². The molecule has 5 nitrogen and oxygen atoms in total. The summed E-state index contributed by atoms with van der Waals surface area (Å²) in [5, 5.41) is 8.92. The van der Waals surface area contributed by atoms with Gasteiger partial charge in [-0.15, -0.1) is 6.58 Å². The molecule has 0 aliphatic heterocycles. The van der Waals surface area contributed by atoms with Crippen molar-refractivity contribution >= 4 is 11.9 Å². The molecule has 0 saturated carbocycles. The van der Waals surface area contributed by atoms with Gasteiger partial charge < -0.3 is 14.3 Å². The van der Waals surface area contributed by atoms with Gasteiger partial charge in [0.1, 0.15) is 6.54 Å². The Labute approximate surface area is 140 Å². The third kappa shape index (κ3) is 15.3. The smallest absolute Gasteiger partial charge is 0.307 e. The number of ether oxygens (including phenoxy) is 1. The Balaban J connectivity index is 3.90. The van der Waals surface area contributed by atoms with Gasteiger partial charge in [-0.3, -0.25) is 9.59 Å². The van der Waals surface area contributed by atoms with Gasteiger partial charge in [0.2, 0.25) is 0 Å². The molecule has 1 N–H and O–H groups in total. The Bertz CT molecular complexity index is 361. The van der Waals surface area contributed by atoms with E-state index in [1.54, 1.807) is 0 Å². The summed E-state index contributed by atoms with van der Waals surface area (Å²) >= 11 is 0. The number of carbonyl (C=O) groups is 2.